The molecule has 1 aliphatic rings. The van der Waals surface area contributed by atoms with Crippen LogP contribution in [0.5, 0.6) is 0 Å². The second-order valence-electron chi connectivity index (χ2n) is 7.81. The molecule has 0 radical (unpaired) electrons. The number of amides is 2. The van der Waals surface area contributed by atoms with Crippen LogP contribution in [0.25, 0.3) is 5.57 Å². The van der Waals surface area contributed by atoms with E-state index in [1.165, 1.54) is 12.5 Å². The molecule has 0 saturated carbocycles. The minimum absolute atomic E-state index is 0.0212. The van der Waals surface area contributed by atoms with Crippen LogP contribution in [0, 0.1) is 0 Å². The summed E-state index contributed by atoms with van der Waals surface area (Å²) in [5.41, 5.74) is 2.09. The molecule has 1 aliphatic heterocycles. The van der Waals surface area contributed by atoms with Crippen molar-refractivity contribution in [2.75, 3.05) is 26.2 Å². The Labute approximate surface area is 198 Å². The highest BCUT2D eigenvalue weighted by Crippen LogP contribution is 2.42. The maximum atomic E-state index is 13.0. The number of benzene rings is 2. The summed E-state index contributed by atoms with van der Waals surface area (Å²) in [5, 5.41) is 0.743. The molecule has 3 rings (SSSR count). The summed E-state index contributed by atoms with van der Waals surface area (Å²) < 4.78 is 0. The zero-order valence-electron chi connectivity index (χ0n) is 18.0. The smallest absolute Gasteiger partial charge is 0.254 e. The lowest BCUT2D eigenvalue weighted by atomic mass is 10.0. The predicted molar refractivity (Wildman–Crippen MR) is 129 cm³/mol. The van der Waals surface area contributed by atoms with E-state index in [9.17, 15) is 9.59 Å². The second-order valence-corrected chi connectivity index (χ2v) is 9.65. The molecule has 2 aromatic rings. The van der Waals surface area contributed by atoms with Crippen LogP contribution in [-0.4, -0.2) is 47.8 Å². The molecule has 164 valence electrons. The molecule has 4 nitrogen and oxygen atoms in total. The van der Waals surface area contributed by atoms with Crippen molar-refractivity contribution in [3.8, 4) is 0 Å². The Balaban J connectivity index is 1.78. The van der Waals surface area contributed by atoms with Crippen molar-refractivity contribution < 1.29 is 9.59 Å². The van der Waals surface area contributed by atoms with Crippen molar-refractivity contribution in [1.29, 1.82) is 0 Å². The van der Waals surface area contributed by atoms with Crippen molar-refractivity contribution in [2.45, 2.75) is 36.5 Å². The van der Waals surface area contributed by atoms with Gasteiger partial charge in [-0.25, -0.2) is 0 Å². The largest absolute Gasteiger partial charge is 0.339 e. The molecule has 0 aliphatic carbocycles. The Bertz CT molecular complexity index is 1010. The van der Waals surface area contributed by atoms with Gasteiger partial charge in [0.15, 0.2) is 0 Å². The first-order valence-corrected chi connectivity index (χ1v) is 11.8. The number of carbonyl (C=O) groups excluding carboxylic acids is 2. The molecular formula is C24H26Cl2N2O2S. The van der Waals surface area contributed by atoms with Gasteiger partial charge in [0.05, 0.1) is 10.0 Å². The van der Waals surface area contributed by atoms with Gasteiger partial charge in [0.2, 0.25) is 5.91 Å². The SMILES string of the molecule is C=C(C(=O)N1CCN(C(C)=O)CC1)c1ccc(Sc2ccccc2C(C)C)c(Cl)c1Cl. The van der Waals surface area contributed by atoms with E-state index in [0.717, 1.165) is 9.79 Å². The highest BCUT2D eigenvalue weighted by molar-refractivity contribution is 7.99. The summed E-state index contributed by atoms with van der Waals surface area (Å²) in [6, 6.07) is 11.9. The van der Waals surface area contributed by atoms with Crippen LogP contribution in [0.2, 0.25) is 10.0 Å². The van der Waals surface area contributed by atoms with Gasteiger partial charge in [-0.15, -0.1) is 0 Å². The molecule has 0 N–H and O–H groups in total. The van der Waals surface area contributed by atoms with Gasteiger partial charge in [-0.3, -0.25) is 9.59 Å². The fourth-order valence-electron chi connectivity index (χ4n) is 3.54. The Hall–Kier alpha value is -1.95. The van der Waals surface area contributed by atoms with Gasteiger partial charge in [0, 0.05) is 54.0 Å². The van der Waals surface area contributed by atoms with Crippen LogP contribution in [0.3, 0.4) is 0 Å². The summed E-state index contributed by atoms with van der Waals surface area (Å²) in [7, 11) is 0. The third-order valence-electron chi connectivity index (χ3n) is 5.40. The fourth-order valence-corrected chi connectivity index (χ4v) is 5.29. The number of nitrogens with zero attached hydrogens (tertiary/aromatic N) is 2. The van der Waals surface area contributed by atoms with Crippen LogP contribution < -0.4 is 0 Å². The second kappa shape index (κ2) is 10.1. The van der Waals surface area contributed by atoms with E-state index in [0.29, 0.717) is 53.3 Å². The average molecular weight is 477 g/mol. The zero-order chi connectivity index (χ0) is 22.7. The van der Waals surface area contributed by atoms with E-state index in [1.54, 1.807) is 27.6 Å². The van der Waals surface area contributed by atoms with Crippen molar-refractivity contribution in [1.82, 2.24) is 9.80 Å². The Morgan fingerprint density at radius 3 is 2.16 bits per heavy atom. The number of rotatable bonds is 5. The third kappa shape index (κ3) is 5.28. The van der Waals surface area contributed by atoms with Gasteiger partial charge in [-0.05, 0) is 23.6 Å². The number of carbonyl (C=O) groups is 2. The van der Waals surface area contributed by atoms with Crippen LogP contribution in [0.15, 0.2) is 52.8 Å². The molecule has 0 atom stereocenters. The van der Waals surface area contributed by atoms with Crippen LogP contribution in [0.1, 0.15) is 37.8 Å². The van der Waals surface area contributed by atoms with Gasteiger partial charge in [0.25, 0.3) is 5.91 Å². The minimum atomic E-state index is -0.188. The first-order valence-electron chi connectivity index (χ1n) is 10.2. The average Bonchev–Trinajstić information content (AvgIpc) is 2.76. The molecule has 31 heavy (non-hydrogen) atoms. The monoisotopic (exact) mass is 476 g/mol. The topological polar surface area (TPSA) is 40.6 Å². The molecule has 2 amide bonds. The third-order valence-corrected chi connectivity index (χ3v) is 7.55. The number of hydrogen-bond acceptors (Lipinski definition) is 3. The molecule has 1 saturated heterocycles. The molecule has 1 fully saturated rings. The maximum Gasteiger partial charge on any atom is 0.254 e. The van der Waals surface area contributed by atoms with E-state index in [-0.39, 0.29) is 11.8 Å². The zero-order valence-corrected chi connectivity index (χ0v) is 20.3. The van der Waals surface area contributed by atoms with Gasteiger partial charge >= 0.3 is 0 Å². The number of hydrogen-bond donors (Lipinski definition) is 0. The van der Waals surface area contributed by atoms with Crippen molar-refractivity contribution in [2.24, 2.45) is 0 Å². The fraction of sp³-hybridized carbons (Fsp3) is 0.333. The van der Waals surface area contributed by atoms with E-state index in [2.05, 4.69) is 32.6 Å². The summed E-state index contributed by atoms with van der Waals surface area (Å²) in [6.45, 7) is 11.8. The lowest BCUT2D eigenvalue weighted by Gasteiger charge is -2.34. The Kier molecular flexibility index (Phi) is 7.73. The predicted octanol–water partition coefficient (Wildman–Crippen LogP) is 5.97. The van der Waals surface area contributed by atoms with Crippen molar-refractivity contribution in [3.63, 3.8) is 0 Å². The molecule has 0 bridgehead atoms. The van der Waals surface area contributed by atoms with Crippen molar-refractivity contribution >= 4 is 52.4 Å². The van der Waals surface area contributed by atoms with Crippen molar-refractivity contribution in [3.05, 3.63) is 64.1 Å². The molecule has 2 aromatic carbocycles. The molecule has 1 heterocycles. The molecule has 0 unspecified atom stereocenters. The first kappa shape index (κ1) is 23.7. The Morgan fingerprint density at radius 1 is 0.935 bits per heavy atom. The highest BCUT2D eigenvalue weighted by Gasteiger charge is 2.26. The molecular weight excluding hydrogens is 451 g/mol. The van der Waals surface area contributed by atoms with Gasteiger partial charge in [0.1, 0.15) is 0 Å². The van der Waals surface area contributed by atoms with E-state index >= 15 is 0 Å². The van der Waals surface area contributed by atoms with Crippen LogP contribution in [-0.2, 0) is 9.59 Å². The van der Waals surface area contributed by atoms with Gasteiger partial charge in [-0.1, -0.05) is 79.7 Å². The van der Waals surface area contributed by atoms with E-state index < -0.39 is 0 Å². The summed E-state index contributed by atoms with van der Waals surface area (Å²) >= 11 is 14.7. The normalized spacial score (nSPS) is 14.1. The van der Waals surface area contributed by atoms with Crippen LogP contribution >= 0.6 is 35.0 Å². The lowest BCUT2D eigenvalue weighted by molar-refractivity contribution is -0.135. The molecule has 0 aromatic heterocycles. The summed E-state index contributed by atoms with van der Waals surface area (Å²) in [5.74, 6) is 0.220. The maximum absolute atomic E-state index is 13.0. The molecule has 0 spiro atoms. The molecule has 7 heteroatoms. The van der Waals surface area contributed by atoms with E-state index in [1.807, 2.05) is 18.2 Å². The van der Waals surface area contributed by atoms with Crippen LogP contribution in [0.4, 0.5) is 0 Å². The minimum Gasteiger partial charge on any atom is -0.339 e. The summed E-state index contributed by atoms with van der Waals surface area (Å²) in [6.07, 6.45) is 0. The van der Waals surface area contributed by atoms with Gasteiger partial charge in [-0.2, -0.15) is 0 Å². The first-order chi connectivity index (χ1) is 14.7. The number of piperazine rings is 1. The Morgan fingerprint density at radius 2 is 1.55 bits per heavy atom. The van der Waals surface area contributed by atoms with Gasteiger partial charge < -0.3 is 9.80 Å². The highest BCUT2D eigenvalue weighted by atomic mass is 35.5. The standard InChI is InChI=1S/C24H26Cl2N2O2S/c1-15(2)18-7-5-6-8-20(18)31-21-10-9-19(22(25)23(21)26)16(3)24(30)28-13-11-27(12-14-28)17(4)29/h5-10,15H,3,11-14H2,1-2,4H3. The summed E-state index contributed by atoms with van der Waals surface area (Å²) in [4.78, 5) is 29.8. The quantitative estimate of drug-likeness (QED) is 0.498. The van der Waals surface area contributed by atoms with E-state index in [4.69, 9.17) is 23.2 Å². The lowest BCUT2D eigenvalue weighted by Crippen LogP contribution is -2.50. The number of halogens is 2.